The van der Waals surface area contributed by atoms with Crippen LogP contribution in [0, 0.1) is 0 Å². The minimum absolute atomic E-state index is 0.0383. The highest BCUT2D eigenvalue weighted by atomic mass is 32.1. The van der Waals surface area contributed by atoms with Crippen LogP contribution in [0.5, 0.6) is 5.75 Å². The largest absolute Gasteiger partial charge is 0.489 e. The van der Waals surface area contributed by atoms with Gasteiger partial charge in [-0.2, -0.15) is 16.6 Å². The highest BCUT2D eigenvalue weighted by molar-refractivity contribution is 7.08. The van der Waals surface area contributed by atoms with Gasteiger partial charge >= 0.3 is 0 Å². The van der Waals surface area contributed by atoms with E-state index in [0.29, 0.717) is 37.0 Å². The molecule has 1 fully saturated rings. The van der Waals surface area contributed by atoms with E-state index in [9.17, 15) is 4.79 Å². The molecule has 0 bridgehead atoms. The Labute approximate surface area is 270 Å². The van der Waals surface area contributed by atoms with Crippen molar-refractivity contribution in [2.24, 2.45) is 0 Å². The van der Waals surface area contributed by atoms with Gasteiger partial charge in [0.2, 0.25) is 5.82 Å². The van der Waals surface area contributed by atoms with E-state index in [4.69, 9.17) is 14.8 Å². The standard InChI is InChI=1S/C35H35N7O3S/c43-17-4-16-36-35(44)25-9-13-30(26-15-18-46-22-26)27(19-25)21-45-29-11-7-23(8-12-29)34-37-31-20-24(33-38-40-41-39-33)10-14-32(31)42(34)28-5-2-1-3-6-28/h7-15,18-20,22,28,43H,1-6,16-17,21H2,(H,36,44)(H,38,39,40,41). The summed E-state index contributed by atoms with van der Waals surface area (Å²) in [6.45, 7) is 0.770. The molecule has 0 spiro atoms. The molecule has 3 N–H and O–H groups in total. The molecule has 3 aromatic heterocycles. The summed E-state index contributed by atoms with van der Waals surface area (Å²) >= 11 is 1.63. The van der Waals surface area contributed by atoms with Gasteiger partial charge in [-0.25, -0.2) is 4.98 Å². The number of aliphatic hydroxyl groups excluding tert-OH is 1. The number of carbonyl (C=O) groups excluding carboxylic acids is 1. The van der Waals surface area contributed by atoms with Gasteiger partial charge in [-0.3, -0.25) is 4.79 Å². The first-order valence-electron chi connectivity index (χ1n) is 15.7. The van der Waals surface area contributed by atoms with E-state index in [0.717, 1.165) is 63.3 Å². The third kappa shape index (κ3) is 6.29. The van der Waals surface area contributed by atoms with Gasteiger partial charge in [0.25, 0.3) is 5.91 Å². The van der Waals surface area contributed by atoms with Crippen molar-refractivity contribution in [3.63, 3.8) is 0 Å². The highest BCUT2D eigenvalue weighted by Gasteiger charge is 2.23. The van der Waals surface area contributed by atoms with Gasteiger partial charge in [0.15, 0.2) is 0 Å². The molecule has 3 aromatic carbocycles. The number of nitrogens with zero attached hydrogens (tertiary/aromatic N) is 5. The van der Waals surface area contributed by atoms with Crippen molar-refractivity contribution in [3.05, 3.63) is 88.6 Å². The number of benzene rings is 3. The lowest BCUT2D eigenvalue weighted by molar-refractivity contribution is 0.0951. The second kappa shape index (κ2) is 13.6. The fourth-order valence-electron chi connectivity index (χ4n) is 6.23. The Kier molecular flexibility index (Phi) is 8.84. The number of hydrogen-bond acceptors (Lipinski definition) is 8. The van der Waals surface area contributed by atoms with Crippen LogP contribution < -0.4 is 10.1 Å². The number of rotatable bonds is 11. The number of aliphatic hydroxyl groups is 1. The van der Waals surface area contributed by atoms with Gasteiger partial charge < -0.3 is 19.7 Å². The summed E-state index contributed by atoms with van der Waals surface area (Å²) in [7, 11) is 0. The summed E-state index contributed by atoms with van der Waals surface area (Å²) in [5, 5.41) is 30.6. The number of aromatic nitrogens is 6. The number of hydrogen-bond donors (Lipinski definition) is 3. The lowest BCUT2D eigenvalue weighted by atomic mass is 9.95. The van der Waals surface area contributed by atoms with E-state index < -0.39 is 0 Å². The molecule has 7 rings (SSSR count). The Bertz CT molecular complexity index is 1910. The average molecular weight is 634 g/mol. The van der Waals surface area contributed by atoms with Crippen molar-refractivity contribution in [2.45, 2.75) is 51.2 Å². The van der Waals surface area contributed by atoms with E-state index in [1.165, 1.54) is 19.3 Å². The fraction of sp³-hybridized carbons (Fsp3) is 0.286. The zero-order chi connectivity index (χ0) is 31.3. The summed E-state index contributed by atoms with van der Waals surface area (Å²) in [4.78, 5) is 17.9. The number of aromatic amines is 1. The predicted octanol–water partition coefficient (Wildman–Crippen LogP) is 6.81. The zero-order valence-corrected chi connectivity index (χ0v) is 26.2. The number of nitrogens with one attached hydrogen (secondary N) is 2. The van der Waals surface area contributed by atoms with Crippen LogP contribution in [-0.4, -0.2) is 54.3 Å². The van der Waals surface area contributed by atoms with Gasteiger partial charge in [-0.1, -0.05) is 25.3 Å². The van der Waals surface area contributed by atoms with Crippen LogP contribution in [0.25, 0.3) is 44.9 Å². The van der Waals surface area contributed by atoms with Gasteiger partial charge in [-0.05, 0) is 113 Å². The van der Waals surface area contributed by atoms with Crippen molar-refractivity contribution in [3.8, 4) is 39.7 Å². The predicted molar refractivity (Wildman–Crippen MR) is 179 cm³/mol. The van der Waals surface area contributed by atoms with Crippen molar-refractivity contribution in [1.29, 1.82) is 0 Å². The molecule has 6 aromatic rings. The monoisotopic (exact) mass is 633 g/mol. The van der Waals surface area contributed by atoms with Gasteiger partial charge in [0.1, 0.15) is 18.2 Å². The number of tetrazole rings is 1. The normalized spacial score (nSPS) is 13.7. The molecule has 234 valence electrons. The molecule has 0 unspecified atom stereocenters. The van der Waals surface area contributed by atoms with Gasteiger partial charge in [-0.15, -0.1) is 10.2 Å². The first-order chi connectivity index (χ1) is 22.7. The smallest absolute Gasteiger partial charge is 0.251 e. The molecular formula is C35H35N7O3S. The summed E-state index contributed by atoms with van der Waals surface area (Å²) in [6, 6.07) is 22.5. The molecule has 1 amide bonds. The number of amides is 1. The lowest BCUT2D eigenvalue weighted by Gasteiger charge is -2.25. The maximum Gasteiger partial charge on any atom is 0.251 e. The third-order valence-electron chi connectivity index (χ3n) is 8.56. The summed E-state index contributed by atoms with van der Waals surface area (Å²) in [5.74, 6) is 2.06. The molecule has 11 heteroatoms. The summed E-state index contributed by atoms with van der Waals surface area (Å²) in [5.41, 5.74) is 7.53. The molecular weight excluding hydrogens is 598 g/mol. The van der Waals surface area contributed by atoms with Crippen LogP contribution in [0.15, 0.2) is 77.5 Å². The summed E-state index contributed by atoms with van der Waals surface area (Å²) < 4.78 is 8.72. The van der Waals surface area contributed by atoms with Crippen molar-refractivity contribution in [1.82, 2.24) is 35.5 Å². The number of imidazole rings is 1. The van der Waals surface area contributed by atoms with Gasteiger partial charge in [0, 0.05) is 35.9 Å². The first-order valence-corrected chi connectivity index (χ1v) is 16.7. The molecule has 0 radical (unpaired) electrons. The van der Waals surface area contributed by atoms with E-state index in [2.05, 4.69) is 60.2 Å². The van der Waals surface area contributed by atoms with E-state index >= 15 is 0 Å². The van der Waals surface area contributed by atoms with Crippen LogP contribution in [-0.2, 0) is 6.61 Å². The zero-order valence-electron chi connectivity index (χ0n) is 25.4. The average Bonchev–Trinajstić information content (AvgIpc) is 3.90. The summed E-state index contributed by atoms with van der Waals surface area (Å²) in [6.07, 6.45) is 6.50. The Morgan fingerprint density at radius 3 is 2.61 bits per heavy atom. The molecule has 1 saturated carbocycles. The molecule has 0 saturated heterocycles. The first kappa shape index (κ1) is 29.8. The highest BCUT2D eigenvalue weighted by Crippen LogP contribution is 2.37. The SMILES string of the molecule is O=C(NCCCO)c1ccc(-c2ccsc2)c(COc2ccc(-c3nc4cc(-c5nn[nH]n5)ccc4n3C3CCCCC3)cc2)c1. The molecule has 3 heterocycles. The minimum Gasteiger partial charge on any atom is -0.489 e. The van der Waals surface area contributed by atoms with E-state index in [1.807, 2.05) is 47.8 Å². The van der Waals surface area contributed by atoms with E-state index in [1.54, 1.807) is 11.3 Å². The van der Waals surface area contributed by atoms with Crippen LogP contribution in [0.1, 0.15) is 60.5 Å². The number of fused-ring (bicyclic) bond motifs is 1. The Hall–Kier alpha value is -4.87. The quantitative estimate of drug-likeness (QED) is 0.134. The molecule has 1 aliphatic rings. The number of carbonyl (C=O) groups is 1. The van der Waals surface area contributed by atoms with Crippen LogP contribution in [0.3, 0.4) is 0 Å². The minimum atomic E-state index is -0.166. The molecule has 1 aliphatic carbocycles. The number of H-pyrrole nitrogens is 1. The van der Waals surface area contributed by atoms with Crippen molar-refractivity contribution >= 4 is 28.3 Å². The molecule has 10 nitrogen and oxygen atoms in total. The van der Waals surface area contributed by atoms with Crippen molar-refractivity contribution < 1.29 is 14.6 Å². The topological polar surface area (TPSA) is 131 Å². The third-order valence-corrected chi connectivity index (χ3v) is 9.24. The van der Waals surface area contributed by atoms with E-state index in [-0.39, 0.29) is 12.5 Å². The fourth-order valence-corrected chi connectivity index (χ4v) is 6.89. The maximum atomic E-state index is 12.8. The Balaban J connectivity index is 1.15. The second-order valence-corrected chi connectivity index (χ2v) is 12.3. The van der Waals surface area contributed by atoms with Gasteiger partial charge in [0.05, 0.1) is 11.0 Å². The van der Waals surface area contributed by atoms with Crippen LogP contribution in [0.4, 0.5) is 0 Å². The lowest BCUT2D eigenvalue weighted by Crippen LogP contribution is -2.25. The molecule has 0 aliphatic heterocycles. The number of ether oxygens (including phenoxy) is 1. The van der Waals surface area contributed by atoms with Crippen molar-refractivity contribution in [2.75, 3.05) is 13.2 Å². The number of thiophene rings is 1. The van der Waals surface area contributed by atoms with Crippen LogP contribution >= 0.6 is 11.3 Å². The second-order valence-electron chi connectivity index (χ2n) is 11.6. The van der Waals surface area contributed by atoms with Crippen LogP contribution in [0.2, 0.25) is 0 Å². The maximum absolute atomic E-state index is 12.8. The molecule has 0 atom stereocenters. The Morgan fingerprint density at radius 2 is 1.85 bits per heavy atom. The molecule has 46 heavy (non-hydrogen) atoms. The Morgan fingerprint density at radius 1 is 1.00 bits per heavy atom.